The second-order valence-corrected chi connectivity index (χ2v) is 5.14. The zero-order valence-corrected chi connectivity index (χ0v) is 11.2. The minimum absolute atomic E-state index is 0.192. The quantitative estimate of drug-likeness (QED) is 0.881. The van der Waals surface area contributed by atoms with E-state index in [0.29, 0.717) is 19.4 Å². The molecule has 1 aromatic carbocycles. The normalized spacial score (nSPS) is 19.8. The standard InChI is InChI=1S/C15H21NO2/c1-11-5-12(2)7-13(6-11)8-15(17)9-14-10-18-4-3-16-14/h5-7,14,16H,3-4,8-10H2,1-2H3. The van der Waals surface area contributed by atoms with E-state index in [4.69, 9.17) is 4.74 Å². The van der Waals surface area contributed by atoms with Crippen molar-refractivity contribution >= 4 is 5.78 Å². The van der Waals surface area contributed by atoms with Crippen LogP contribution in [0.2, 0.25) is 0 Å². The smallest absolute Gasteiger partial charge is 0.138 e. The Hall–Kier alpha value is -1.19. The summed E-state index contributed by atoms with van der Waals surface area (Å²) in [5.41, 5.74) is 3.56. The summed E-state index contributed by atoms with van der Waals surface area (Å²) in [6, 6.07) is 6.51. The lowest BCUT2D eigenvalue weighted by Crippen LogP contribution is -2.42. The summed E-state index contributed by atoms with van der Waals surface area (Å²) < 4.78 is 5.36. The molecule has 0 aliphatic carbocycles. The van der Waals surface area contributed by atoms with E-state index in [2.05, 4.69) is 37.4 Å². The highest BCUT2D eigenvalue weighted by molar-refractivity contribution is 5.81. The van der Waals surface area contributed by atoms with Gasteiger partial charge in [0.2, 0.25) is 0 Å². The summed E-state index contributed by atoms with van der Waals surface area (Å²) >= 11 is 0. The van der Waals surface area contributed by atoms with Crippen molar-refractivity contribution in [2.24, 2.45) is 0 Å². The molecule has 1 saturated heterocycles. The minimum atomic E-state index is 0.192. The van der Waals surface area contributed by atoms with Gasteiger partial charge in [-0.15, -0.1) is 0 Å². The van der Waals surface area contributed by atoms with Gasteiger partial charge in [-0.3, -0.25) is 4.79 Å². The van der Waals surface area contributed by atoms with Gasteiger partial charge in [-0.25, -0.2) is 0 Å². The van der Waals surface area contributed by atoms with Gasteiger partial charge in [0.15, 0.2) is 0 Å². The third-order valence-electron chi connectivity index (χ3n) is 3.16. The Balaban J connectivity index is 1.89. The van der Waals surface area contributed by atoms with E-state index in [1.165, 1.54) is 11.1 Å². The average Bonchev–Trinajstić information content (AvgIpc) is 2.28. The number of rotatable bonds is 4. The predicted molar refractivity (Wildman–Crippen MR) is 71.9 cm³/mol. The van der Waals surface area contributed by atoms with Crippen molar-refractivity contribution in [3.63, 3.8) is 0 Å². The summed E-state index contributed by atoms with van der Waals surface area (Å²) in [7, 11) is 0. The average molecular weight is 247 g/mol. The number of Topliss-reactive ketones (excluding diaryl/α,β-unsaturated/α-hetero) is 1. The number of ether oxygens (including phenoxy) is 1. The Bertz CT molecular complexity index is 402. The second kappa shape index (κ2) is 6.12. The fourth-order valence-electron chi connectivity index (χ4n) is 2.50. The molecule has 1 aliphatic heterocycles. The third kappa shape index (κ3) is 3.93. The van der Waals surface area contributed by atoms with Crippen LogP contribution in [0.1, 0.15) is 23.1 Å². The van der Waals surface area contributed by atoms with Gasteiger partial charge in [0.05, 0.1) is 13.2 Å². The molecular formula is C15H21NO2. The lowest BCUT2D eigenvalue weighted by Gasteiger charge is -2.23. The largest absolute Gasteiger partial charge is 0.379 e. The van der Waals surface area contributed by atoms with Gasteiger partial charge in [0.25, 0.3) is 0 Å². The van der Waals surface area contributed by atoms with Crippen LogP contribution in [-0.2, 0) is 16.0 Å². The van der Waals surface area contributed by atoms with Crippen LogP contribution in [0.3, 0.4) is 0 Å². The maximum atomic E-state index is 12.0. The highest BCUT2D eigenvalue weighted by atomic mass is 16.5. The number of hydrogen-bond acceptors (Lipinski definition) is 3. The fourth-order valence-corrected chi connectivity index (χ4v) is 2.50. The van der Waals surface area contributed by atoms with Crippen LogP contribution < -0.4 is 5.32 Å². The number of morpholine rings is 1. The first-order chi connectivity index (χ1) is 8.63. The van der Waals surface area contributed by atoms with Crippen LogP contribution in [0.4, 0.5) is 0 Å². The Kier molecular flexibility index (Phi) is 4.50. The topological polar surface area (TPSA) is 38.3 Å². The van der Waals surface area contributed by atoms with Crippen LogP contribution in [0.25, 0.3) is 0 Å². The molecule has 3 nitrogen and oxygen atoms in total. The Morgan fingerprint density at radius 3 is 2.67 bits per heavy atom. The summed E-state index contributed by atoms with van der Waals surface area (Å²) in [6.07, 6.45) is 1.09. The lowest BCUT2D eigenvalue weighted by atomic mass is 10.00. The molecular weight excluding hydrogens is 226 g/mol. The highest BCUT2D eigenvalue weighted by Crippen LogP contribution is 2.11. The zero-order chi connectivity index (χ0) is 13.0. The molecule has 0 saturated carbocycles. The van der Waals surface area contributed by atoms with E-state index in [9.17, 15) is 4.79 Å². The number of aryl methyl sites for hydroxylation is 2. The SMILES string of the molecule is Cc1cc(C)cc(CC(=O)CC2COCCN2)c1. The molecule has 1 aromatic rings. The number of hydrogen-bond donors (Lipinski definition) is 1. The number of ketones is 1. The van der Waals surface area contributed by atoms with Crippen LogP contribution in [0.15, 0.2) is 18.2 Å². The molecule has 1 unspecified atom stereocenters. The lowest BCUT2D eigenvalue weighted by molar-refractivity contribution is -0.119. The highest BCUT2D eigenvalue weighted by Gasteiger charge is 2.17. The van der Waals surface area contributed by atoms with Crippen molar-refractivity contribution in [1.82, 2.24) is 5.32 Å². The number of carbonyl (C=O) groups is 1. The fraction of sp³-hybridized carbons (Fsp3) is 0.533. The monoisotopic (exact) mass is 247 g/mol. The van der Waals surface area contributed by atoms with Crippen molar-refractivity contribution in [2.45, 2.75) is 32.7 Å². The van der Waals surface area contributed by atoms with Crippen LogP contribution >= 0.6 is 0 Å². The molecule has 1 atom stereocenters. The molecule has 3 heteroatoms. The van der Waals surface area contributed by atoms with Crippen LogP contribution in [0, 0.1) is 13.8 Å². The number of benzene rings is 1. The van der Waals surface area contributed by atoms with E-state index in [1.54, 1.807) is 0 Å². The molecule has 0 amide bonds. The summed E-state index contributed by atoms with van der Waals surface area (Å²) in [4.78, 5) is 12.0. The molecule has 1 heterocycles. The van der Waals surface area contributed by atoms with Gasteiger partial charge >= 0.3 is 0 Å². The predicted octanol–water partition coefficient (Wildman–Crippen LogP) is 1.79. The Morgan fingerprint density at radius 1 is 1.33 bits per heavy atom. The van der Waals surface area contributed by atoms with Gasteiger partial charge in [-0.1, -0.05) is 29.3 Å². The summed E-state index contributed by atoms with van der Waals surface area (Å²) in [6.45, 7) is 6.39. The molecule has 1 aliphatic rings. The van der Waals surface area contributed by atoms with E-state index in [0.717, 1.165) is 18.7 Å². The van der Waals surface area contributed by atoms with Crippen molar-refractivity contribution in [1.29, 1.82) is 0 Å². The first-order valence-electron chi connectivity index (χ1n) is 6.53. The van der Waals surface area contributed by atoms with Crippen LogP contribution in [-0.4, -0.2) is 31.6 Å². The van der Waals surface area contributed by atoms with E-state index >= 15 is 0 Å². The molecule has 98 valence electrons. The second-order valence-electron chi connectivity index (χ2n) is 5.14. The van der Waals surface area contributed by atoms with Gasteiger partial charge < -0.3 is 10.1 Å². The summed E-state index contributed by atoms with van der Waals surface area (Å²) in [5.74, 6) is 0.281. The van der Waals surface area contributed by atoms with E-state index < -0.39 is 0 Å². The van der Waals surface area contributed by atoms with Gasteiger partial charge in [-0.2, -0.15) is 0 Å². The number of carbonyl (C=O) groups excluding carboxylic acids is 1. The Labute approximate surface area is 109 Å². The molecule has 0 radical (unpaired) electrons. The van der Waals surface area contributed by atoms with E-state index in [1.807, 2.05) is 0 Å². The van der Waals surface area contributed by atoms with Crippen molar-refractivity contribution in [2.75, 3.05) is 19.8 Å². The van der Waals surface area contributed by atoms with Crippen molar-refractivity contribution in [3.05, 3.63) is 34.9 Å². The maximum Gasteiger partial charge on any atom is 0.138 e. The molecule has 2 rings (SSSR count). The molecule has 0 spiro atoms. The van der Waals surface area contributed by atoms with Crippen LogP contribution in [0.5, 0.6) is 0 Å². The number of nitrogens with one attached hydrogen (secondary N) is 1. The zero-order valence-electron chi connectivity index (χ0n) is 11.2. The Morgan fingerprint density at radius 2 is 2.06 bits per heavy atom. The molecule has 1 fully saturated rings. The van der Waals surface area contributed by atoms with Crippen molar-refractivity contribution < 1.29 is 9.53 Å². The van der Waals surface area contributed by atoms with Gasteiger partial charge in [0, 0.05) is 25.4 Å². The molecule has 0 aromatic heterocycles. The van der Waals surface area contributed by atoms with Gasteiger partial charge in [-0.05, 0) is 19.4 Å². The van der Waals surface area contributed by atoms with Gasteiger partial charge in [0.1, 0.15) is 5.78 Å². The first-order valence-corrected chi connectivity index (χ1v) is 6.53. The van der Waals surface area contributed by atoms with E-state index in [-0.39, 0.29) is 11.8 Å². The maximum absolute atomic E-state index is 12.0. The minimum Gasteiger partial charge on any atom is -0.379 e. The first kappa shape index (κ1) is 13.2. The molecule has 18 heavy (non-hydrogen) atoms. The summed E-state index contributed by atoms with van der Waals surface area (Å²) in [5, 5.41) is 3.31. The van der Waals surface area contributed by atoms with Crippen molar-refractivity contribution in [3.8, 4) is 0 Å². The molecule has 0 bridgehead atoms. The molecule has 1 N–H and O–H groups in total. The third-order valence-corrected chi connectivity index (χ3v) is 3.16.